The van der Waals surface area contributed by atoms with Crippen LogP contribution in [0, 0.1) is 12.7 Å². The lowest BCUT2D eigenvalue weighted by atomic mass is 10.2. The molecule has 0 aliphatic carbocycles. The predicted molar refractivity (Wildman–Crippen MR) is 87.5 cm³/mol. The molecule has 1 amide bonds. The molecule has 1 atom stereocenters. The summed E-state index contributed by atoms with van der Waals surface area (Å²) in [7, 11) is 0. The van der Waals surface area contributed by atoms with Crippen molar-refractivity contribution in [3.05, 3.63) is 53.5 Å². The first kappa shape index (κ1) is 16.6. The second-order valence-electron chi connectivity index (χ2n) is 6.28. The average Bonchev–Trinajstić information content (AvgIpc) is 3.16. The second-order valence-corrected chi connectivity index (χ2v) is 6.28. The minimum absolute atomic E-state index is 0.00333. The van der Waals surface area contributed by atoms with Crippen LogP contribution in [0.5, 0.6) is 0 Å². The van der Waals surface area contributed by atoms with Crippen LogP contribution in [-0.4, -0.2) is 39.8 Å². The molecule has 2 heterocycles. The van der Waals surface area contributed by atoms with E-state index in [2.05, 4.69) is 9.88 Å². The minimum atomic E-state index is -0.181. The third kappa shape index (κ3) is 3.82. The van der Waals surface area contributed by atoms with Crippen molar-refractivity contribution in [2.75, 3.05) is 13.1 Å². The Kier molecular flexibility index (Phi) is 4.94. The van der Waals surface area contributed by atoms with Gasteiger partial charge in [-0.05, 0) is 19.4 Å². The number of hydrogen-bond donors (Lipinski definition) is 0. The summed E-state index contributed by atoms with van der Waals surface area (Å²) in [5, 5.41) is 0. The molecule has 1 aliphatic heterocycles. The van der Waals surface area contributed by atoms with Crippen molar-refractivity contribution >= 4 is 5.91 Å². The van der Waals surface area contributed by atoms with Crippen LogP contribution in [0.1, 0.15) is 30.6 Å². The van der Waals surface area contributed by atoms with Gasteiger partial charge in [0, 0.05) is 38.2 Å². The van der Waals surface area contributed by atoms with Crippen LogP contribution in [0.25, 0.3) is 0 Å². The van der Waals surface area contributed by atoms with Crippen LogP contribution in [0.4, 0.5) is 4.39 Å². The zero-order valence-corrected chi connectivity index (χ0v) is 14.0. The lowest BCUT2D eigenvalue weighted by molar-refractivity contribution is -0.132. The van der Waals surface area contributed by atoms with E-state index in [1.54, 1.807) is 30.2 Å². The topological polar surface area (TPSA) is 49.6 Å². The van der Waals surface area contributed by atoms with E-state index < -0.39 is 0 Å². The van der Waals surface area contributed by atoms with Gasteiger partial charge < -0.3 is 9.32 Å². The molecular weight excluding hydrogens is 309 g/mol. The largest absolute Gasteiger partial charge is 0.444 e. The number of hydrogen-bond acceptors (Lipinski definition) is 4. The van der Waals surface area contributed by atoms with Crippen LogP contribution in [0.2, 0.25) is 0 Å². The molecule has 5 nitrogen and oxygen atoms in total. The van der Waals surface area contributed by atoms with Gasteiger partial charge in [-0.1, -0.05) is 18.2 Å². The highest BCUT2D eigenvalue weighted by Crippen LogP contribution is 2.21. The fourth-order valence-corrected chi connectivity index (χ4v) is 3.20. The zero-order valence-electron chi connectivity index (χ0n) is 14.0. The minimum Gasteiger partial charge on any atom is -0.444 e. The smallest absolute Gasteiger partial charge is 0.220 e. The number of amides is 1. The highest BCUT2D eigenvalue weighted by atomic mass is 19.1. The normalized spacial score (nSPS) is 18.0. The standard InChI is InChI=1S/C18H22FN3O2/c1-13-9-20-18(24-13)12-22(14(2)23)16-7-8-21(11-16)10-15-5-3-4-6-17(15)19/h3-6,9,16H,7-8,10-12H2,1-2H3/t16-/m1/s1. The van der Waals surface area contributed by atoms with E-state index in [0.717, 1.165) is 25.3 Å². The van der Waals surface area contributed by atoms with E-state index >= 15 is 0 Å². The molecule has 2 aromatic rings. The van der Waals surface area contributed by atoms with Gasteiger partial charge >= 0.3 is 0 Å². The number of carbonyl (C=O) groups is 1. The first-order valence-corrected chi connectivity index (χ1v) is 8.17. The summed E-state index contributed by atoms with van der Waals surface area (Å²) in [4.78, 5) is 20.2. The van der Waals surface area contributed by atoms with E-state index in [0.29, 0.717) is 24.5 Å². The summed E-state index contributed by atoms with van der Waals surface area (Å²) in [5.41, 5.74) is 0.691. The van der Waals surface area contributed by atoms with Crippen molar-refractivity contribution in [3.63, 3.8) is 0 Å². The summed E-state index contributed by atoms with van der Waals surface area (Å²) >= 11 is 0. The quantitative estimate of drug-likeness (QED) is 0.845. The maximum absolute atomic E-state index is 13.8. The number of rotatable bonds is 5. The number of benzene rings is 1. The summed E-state index contributed by atoms with van der Waals surface area (Å²) in [5.74, 6) is 1.11. The van der Waals surface area contributed by atoms with Crippen LogP contribution >= 0.6 is 0 Å². The fraction of sp³-hybridized carbons (Fsp3) is 0.444. The summed E-state index contributed by atoms with van der Waals surface area (Å²) in [6.07, 6.45) is 2.53. The molecule has 0 bridgehead atoms. The van der Waals surface area contributed by atoms with Crippen molar-refractivity contribution in [1.82, 2.24) is 14.8 Å². The summed E-state index contributed by atoms with van der Waals surface area (Å²) in [6.45, 7) is 5.91. The van der Waals surface area contributed by atoms with Gasteiger partial charge in [0.05, 0.1) is 12.7 Å². The molecule has 128 valence electrons. The Balaban J connectivity index is 1.64. The number of likely N-dealkylation sites (tertiary alicyclic amines) is 1. The SMILES string of the molecule is CC(=O)N(Cc1ncc(C)o1)[C@@H]1CCN(Cc2ccccc2F)C1. The Labute approximate surface area is 141 Å². The van der Waals surface area contributed by atoms with E-state index in [1.807, 2.05) is 13.0 Å². The zero-order chi connectivity index (χ0) is 17.1. The number of nitrogens with zero attached hydrogens (tertiary/aromatic N) is 3. The number of halogens is 1. The van der Waals surface area contributed by atoms with Gasteiger partial charge in [-0.15, -0.1) is 0 Å². The molecule has 0 spiro atoms. The molecule has 1 aromatic heterocycles. The second kappa shape index (κ2) is 7.13. The Morgan fingerprint density at radius 2 is 2.25 bits per heavy atom. The number of aryl methyl sites for hydroxylation is 1. The molecule has 0 saturated carbocycles. The first-order valence-electron chi connectivity index (χ1n) is 8.17. The van der Waals surface area contributed by atoms with Crippen LogP contribution in [-0.2, 0) is 17.9 Å². The lowest BCUT2D eigenvalue weighted by Crippen LogP contribution is -2.40. The van der Waals surface area contributed by atoms with Crippen molar-refractivity contribution in [2.45, 2.75) is 39.4 Å². The molecule has 1 aliphatic rings. The molecule has 1 fully saturated rings. The van der Waals surface area contributed by atoms with E-state index in [9.17, 15) is 9.18 Å². The van der Waals surface area contributed by atoms with Crippen LogP contribution in [0.15, 0.2) is 34.9 Å². The van der Waals surface area contributed by atoms with Crippen molar-refractivity contribution in [2.24, 2.45) is 0 Å². The molecule has 1 saturated heterocycles. The Morgan fingerprint density at radius 1 is 1.46 bits per heavy atom. The molecular formula is C18H22FN3O2. The van der Waals surface area contributed by atoms with Gasteiger partial charge in [-0.25, -0.2) is 9.37 Å². The third-order valence-electron chi connectivity index (χ3n) is 4.42. The van der Waals surface area contributed by atoms with E-state index in [4.69, 9.17) is 4.42 Å². The molecule has 1 aromatic carbocycles. The highest BCUT2D eigenvalue weighted by molar-refractivity contribution is 5.73. The maximum Gasteiger partial charge on any atom is 0.220 e. The maximum atomic E-state index is 13.8. The van der Waals surface area contributed by atoms with Gasteiger partial charge in [0.25, 0.3) is 0 Å². The average molecular weight is 331 g/mol. The summed E-state index contributed by atoms with van der Waals surface area (Å²) in [6, 6.07) is 6.93. The number of aromatic nitrogens is 1. The highest BCUT2D eigenvalue weighted by Gasteiger charge is 2.30. The lowest BCUT2D eigenvalue weighted by Gasteiger charge is -2.27. The fourth-order valence-electron chi connectivity index (χ4n) is 3.20. The van der Waals surface area contributed by atoms with Crippen molar-refractivity contribution < 1.29 is 13.6 Å². The Bertz CT molecular complexity index is 716. The molecule has 0 radical (unpaired) electrons. The van der Waals surface area contributed by atoms with E-state index in [-0.39, 0.29) is 17.8 Å². The van der Waals surface area contributed by atoms with E-state index in [1.165, 1.54) is 6.07 Å². The van der Waals surface area contributed by atoms with Gasteiger partial charge in [0.1, 0.15) is 11.6 Å². The Hall–Kier alpha value is -2.21. The molecule has 3 rings (SSSR count). The molecule has 24 heavy (non-hydrogen) atoms. The van der Waals surface area contributed by atoms with Crippen LogP contribution < -0.4 is 0 Å². The van der Waals surface area contributed by atoms with Crippen LogP contribution in [0.3, 0.4) is 0 Å². The van der Waals surface area contributed by atoms with Gasteiger partial charge in [-0.2, -0.15) is 0 Å². The first-order chi connectivity index (χ1) is 11.5. The number of carbonyl (C=O) groups excluding carboxylic acids is 1. The monoisotopic (exact) mass is 331 g/mol. The van der Waals surface area contributed by atoms with Gasteiger partial charge in [0.2, 0.25) is 11.8 Å². The molecule has 0 unspecified atom stereocenters. The predicted octanol–water partition coefficient (Wildman–Crippen LogP) is 2.75. The van der Waals surface area contributed by atoms with Gasteiger partial charge in [-0.3, -0.25) is 9.69 Å². The third-order valence-corrected chi connectivity index (χ3v) is 4.42. The Morgan fingerprint density at radius 3 is 2.92 bits per heavy atom. The van der Waals surface area contributed by atoms with Crippen molar-refractivity contribution in [3.8, 4) is 0 Å². The number of oxazole rings is 1. The van der Waals surface area contributed by atoms with Crippen molar-refractivity contribution in [1.29, 1.82) is 0 Å². The molecule has 0 N–H and O–H groups in total. The molecule has 6 heteroatoms. The summed E-state index contributed by atoms with van der Waals surface area (Å²) < 4.78 is 19.3. The van der Waals surface area contributed by atoms with Gasteiger partial charge in [0.15, 0.2) is 0 Å².